The quantitative estimate of drug-likeness (QED) is 0.499. The van der Waals surface area contributed by atoms with Gasteiger partial charge in [-0.3, -0.25) is 4.79 Å². The second kappa shape index (κ2) is 8.16. The fourth-order valence-electron chi connectivity index (χ4n) is 1.76. The zero-order valence-corrected chi connectivity index (χ0v) is 13.6. The van der Waals surface area contributed by atoms with Crippen molar-refractivity contribution >= 4 is 28.0 Å². The molecule has 0 saturated heterocycles. The lowest BCUT2D eigenvalue weighted by atomic mass is 10.1. The topological polar surface area (TPSA) is 90.9 Å². The highest BCUT2D eigenvalue weighted by atomic mass is 79.9. The van der Waals surface area contributed by atoms with E-state index in [2.05, 4.69) is 38.1 Å². The fraction of sp³-hybridized carbons (Fsp3) is 0.615. The van der Waals surface area contributed by atoms with Crippen molar-refractivity contribution in [2.75, 3.05) is 19.0 Å². The Bertz CT molecular complexity index is 502. The second-order valence-corrected chi connectivity index (χ2v) is 5.88. The van der Waals surface area contributed by atoms with E-state index in [0.717, 1.165) is 19.1 Å². The van der Waals surface area contributed by atoms with E-state index in [0.29, 0.717) is 18.2 Å². The summed E-state index contributed by atoms with van der Waals surface area (Å²) >= 11 is 3.39. The minimum Gasteiger partial charge on any atom is -0.385 e. The zero-order chi connectivity index (χ0) is 15.1. The van der Waals surface area contributed by atoms with Gasteiger partial charge in [-0.15, -0.1) is 0 Å². The maximum Gasteiger partial charge on any atom is 0.261 e. The smallest absolute Gasteiger partial charge is 0.261 e. The van der Waals surface area contributed by atoms with Crippen molar-refractivity contribution in [1.29, 1.82) is 5.41 Å². The van der Waals surface area contributed by atoms with Crippen LogP contribution in [-0.4, -0.2) is 35.9 Å². The van der Waals surface area contributed by atoms with Crippen LogP contribution in [0.2, 0.25) is 0 Å². The number of methoxy groups -OCH3 is 1. The number of alkyl halides is 1. The van der Waals surface area contributed by atoms with Crippen molar-refractivity contribution in [2.24, 2.45) is 0 Å². The summed E-state index contributed by atoms with van der Waals surface area (Å²) in [6, 6.07) is 0.154. The molecular formula is C13H21BrN4O2. The van der Waals surface area contributed by atoms with Crippen molar-refractivity contribution in [3.05, 3.63) is 21.7 Å². The van der Waals surface area contributed by atoms with E-state index < -0.39 is 0 Å². The lowest BCUT2D eigenvalue weighted by Crippen LogP contribution is -2.26. The molecule has 0 aliphatic carbocycles. The predicted octanol–water partition coefficient (Wildman–Crippen LogP) is 2.45. The van der Waals surface area contributed by atoms with Crippen molar-refractivity contribution in [2.45, 2.75) is 37.6 Å². The zero-order valence-electron chi connectivity index (χ0n) is 12.0. The molecule has 112 valence electrons. The first-order valence-corrected chi connectivity index (χ1v) is 7.49. The number of nitrogens with zero attached hydrogens (tertiary/aromatic N) is 1. The van der Waals surface area contributed by atoms with Crippen molar-refractivity contribution in [3.8, 4) is 0 Å². The SMILES string of the molecule is CCC(CCOC)Nc1nc(C(C)Br)[nH]c(=O)c1C=N. The number of aromatic amines is 1. The Morgan fingerprint density at radius 2 is 2.30 bits per heavy atom. The van der Waals surface area contributed by atoms with Gasteiger partial charge in [0.05, 0.1) is 10.4 Å². The molecule has 3 N–H and O–H groups in total. The summed E-state index contributed by atoms with van der Waals surface area (Å²) in [5, 5.41) is 10.6. The summed E-state index contributed by atoms with van der Waals surface area (Å²) in [6.45, 7) is 4.57. The molecule has 0 fully saturated rings. The molecule has 20 heavy (non-hydrogen) atoms. The third-order valence-electron chi connectivity index (χ3n) is 3.00. The standard InChI is InChI=1S/C13H21BrN4O2/c1-4-9(5-6-20-3)16-12-10(7-15)13(19)18-11(17-12)8(2)14/h7-9,15H,4-6H2,1-3H3,(H2,16,17,18,19). The average Bonchev–Trinajstić information content (AvgIpc) is 2.42. The minimum absolute atomic E-state index is 0.0606. The van der Waals surface area contributed by atoms with Gasteiger partial charge in [0.2, 0.25) is 0 Å². The Hall–Kier alpha value is -1.21. The lowest BCUT2D eigenvalue weighted by Gasteiger charge is -2.19. The van der Waals surface area contributed by atoms with E-state index in [1.165, 1.54) is 0 Å². The highest BCUT2D eigenvalue weighted by molar-refractivity contribution is 9.09. The number of rotatable bonds is 8. The molecule has 0 saturated carbocycles. The Kier molecular flexibility index (Phi) is 6.87. The first-order valence-electron chi connectivity index (χ1n) is 6.57. The molecule has 0 aliphatic heterocycles. The summed E-state index contributed by atoms with van der Waals surface area (Å²) in [5.41, 5.74) is -0.0573. The van der Waals surface area contributed by atoms with Crippen LogP contribution in [0.3, 0.4) is 0 Å². The molecule has 0 radical (unpaired) electrons. The number of hydrogen-bond acceptors (Lipinski definition) is 5. The van der Waals surface area contributed by atoms with Crippen LogP contribution >= 0.6 is 15.9 Å². The number of nitrogens with one attached hydrogen (secondary N) is 3. The van der Waals surface area contributed by atoms with Crippen LogP contribution in [0, 0.1) is 5.41 Å². The third-order valence-corrected chi connectivity index (χ3v) is 3.43. The molecule has 1 aromatic heterocycles. The highest BCUT2D eigenvalue weighted by Crippen LogP contribution is 2.19. The Morgan fingerprint density at radius 3 is 2.80 bits per heavy atom. The van der Waals surface area contributed by atoms with E-state index in [1.54, 1.807) is 7.11 Å². The number of H-pyrrole nitrogens is 1. The van der Waals surface area contributed by atoms with E-state index in [-0.39, 0.29) is 22.0 Å². The molecular weight excluding hydrogens is 324 g/mol. The summed E-state index contributed by atoms with van der Waals surface area (Å²) < 4.78 is 5.07. The van der Waals surface area contributed by atoms with Crippen LogP contribution < -0.4 is 10.9 Å². The molecule has 7 heteroatoms. The lowest BCUT2D eigenvalue weighted by molar-refractivity contribution is 0.189. The summed E-state index contributed by atoms with van der Waals surface area (Å²) in [7, 11) is 1.66. The van der Waals surface area contributed by atoms with Crippen LogP contribution in [0.25, 0.3) is 0 Å². The molecule has 1 rings (SSSR count). The van der Waals surface area contributed by atoms with Gasteiger partial charge in [-0.1, -0.05) is 22.9 Å². The van der Waals surface area contributed by atoms with Crippen molar-refractivity contribution in [1.82, 2.24) is 9.97 Å². The molecule has 0 aliphatic rings. The number of aromatic nitrogens is 2. The van der Waals surface area contributed by atoms with Gasteiger partial charge >= 0.3 is 0 Å². The first-order chi connectivity index (χ1) is 9.53. The fourth-order valence-corrected chi connectivity index (χ4v) is 1.98. The van der Waals surface area contributed by atoms with Crippen LogP contribution in [0.1, 0.15) is 42.9 Å². The summed E-state index contributed by atoms with van der Waals surface area (Å²) in [4.78, 5) is 19.0. The number of ether oxygens (including phenoxy) is 1. The van der Waals surface area contributed by atoms with Gasteiger partial charge in [-0.05, 0) is 19.8 Å². The number of anilines is 1. The molecule has 0 aromatic carbocycles. The molecule has 1 aromatic rings. The highest BCUT2D eigenvalue weighted by Gasteiger charge is 2.15. The second-order valence-electron chi connectivity index (χ2n) is 4.50. The van der Waals surface area contributed by atoms with E-state index in [1.807, 2.05) is 6.92 Å². The average molecular weight is 345 g/mol. The molecule has 2 atom stereocenters. The third kappa shape index (κ3) is 4.42. The molecule has 0 bridgehead atoms. The minimum atomic E-state index is -0.305. The number of hydrogen-bond donors (Lipinski definition) is 3. The van der Waals surface area contributed by atoms with Gasteiger partial charge in [0.1, 0.15) is 11.6 Å². The molecule has 1 heterocycles. The Labute approximate surface area is 127 Å². The van der Waals surface area contributed by atoms with Crippen LogP contribution in [-0.2, 0) is 4.74 Å². The Morgan fingerprint density at radius 1 is 1.60 bits per heavy atom. The molecule has 0 amide bonds. The van der Waals surface area contributed by atoms with E-state index in [4.69, 9.17) is 10.1 Å². The monoisotopic (exact) mass is 344 g/mol. The Balaban J connectivity index is 3.07. The van der Waals surface area contributed by atoms with Gasteiger partial charge in [0.25, 0.3) is 5.56 Å². The molecule has 6 nitrogen and oxygen atoms in total. The molecule has 0 spiro atoms. The molecule has 2 unspecified atom stereocenters. The van der Waals surface area contributed by atoms with E-state index >= 15 is 0 Å². The van der Waals surface area contributed by atoms with Crippen LogP contribution in [0.4, 0.5) is 5.82 Å². The predicted molar refractivity (Wildman–Crippen MR) is 84.3 cm³/mol. The van der Waals surface area contributed by atoms with Gasteiger partial charge in [-0.2, -0.15) is 0 Å². The number of halogens is 1. The summed E-state index contributed by atoms with van der Waals surface area (Å²) in [5.74, 6) is 0.998. The normalized spacial score (nSPS) is 13.8. The van der Waals surface area contributed by atoms with Gasteiger partial charge in [0.15, 0.2) is 0 Å². The van der Waals surface area contributed by atoms with Gasteiger partial charge < -0.3 is 20.4 Å². The summed E-state index contributed by atoms with van der Waals surface area (Å²) in [6.07, 6.45) is 2.73. The van der Waals surface area contributed by atoms with Crippen LogP contribution in [0.15, 0.2) is 4.79 Å². The first kappa shape index (κ1) is 16.8. The van der Waals surface area contributed by atoms with E-state index in [9.17, 15) is 4.79 Å². The van der Waals surface area contributed by atoms with Gasteiger partial charge in [0, 0.05) is 26.0 Å². The van der Waals surface area contributed by atoms with Gasteiger partial charge in [-0.25, -0.2) is 4.98 Å². The van der Waals surface area contributed by atoms with Crippen LogP contribution in [0.5, 0.6) is 0 Å². The largest absolute Gasteiger partial charge is 0.385 e. The maximum atomic E-state index is 11.9. The van der Waals surface area contributed by atoms with Crippen molar-refractivity contribution < 1.29 is 4.74 Å². The maximum absolute atomic E-state index is 11.9. The van der Waals surface area contributed by atoms with Crippen molar-refractivity contribution in [3.63, 3.8) is 0 Å².